The fraction of sp³-hybridized carbons (Fsp3) is 0.500. The summed E-state index contributed by atoms with van der Waals surface area (Å²) in [5.74, 6) is 0. The molecule has 0 saturated heterocycles. The van der Waals surface area contributed by atoms with Crippen LogP contribution in [0.15, 0.2) is 24.3 Å². The molecular weight excluding hydrogens is 218 g/mol. The lowest BCUT2D eigenvalue weighted by molar-refractivity contribution is 0.213. The van der Waals surface area contributed by atoms with E-state index in [9.17, 15) is 0 Å². The van der Waals surface area contributed by atoms with Gasteiger partial charge in [-0.05, 0) is 44.0 Å². The zero-order chi connectivity index (χ0) is 11.8. The lowest BCUT2D eigenvalue weighted by Crippen LogP contribution is -2.23. The van der Waals surface area contributed by atoms with Gasteiger partial charge in [0.2, 0.25) is 0 Å². The summed E-state index contributed by atoms with van der Waals surface area (Å²) in [6, 6.07) is 8.96. The highest BCUT2D eigenvalue weighted by Gasteiger charge is 2.14. The topological polar surface area (TPSA) is 44.5 Å². The Morgan fingerprint density at radius 2 is 1.88 bits per heavy atom. The van der Waals surface area contributed by atoms with Crippen molar-refractivity contribution in [1.82, 2.24) is 0 Å². The third-order valence-electron chi connectivity index (χ3n) is 2.18. The molecule has 0 heterocycles. The van der Waals surface area contributed by atoms with Crippen LogP contribution in [0.4, 0.5) is 5.69 Å². The number of aryl methyl sites for hydroxylation is 1. The number of hydrogen-bond donors (Lipinski definition) is 1. The minimum atomic E-state index is -1.10. The second-order valence-electron chi connectivity index (χ2n) is 3.48. The molecule has 0 saturated carbocycles. The van der Waals surface area contributed by atoms with E-state index in [1.807, 2.05) is 32.0 Å². The fourth-order valence-electron chi connectivity index (χ4n) is 1.50. The Balaban J connectivity index is 2.41. The maximum absolute atomic E-state index is 5.73. The van der Waals surface area contributed by atoms with Crippen LogP contribution in [0.3, 0.4) is 0 Å². The van der Waals surface area contributed by atoms with E-state index >= 15 is 0 Å². The van der Waals surface area contributed by atoms with E-state index in [0.29, 0.717) is 0 Å². The lowest BCUT2D eigenvalue weighted by Gasteiger charge is -2.13. The van der Waals surface area contributed by atoms with Gasteiger partial charge in [-0.3, -0.25) is 0 Å². The minimum absolute atomic E-state index is 0.727. The highest BCUT2D eigenvalue weighted by molar-refractivity contribution is 6.44. The molecule has 0 aliphatic heterocycles. The summed E-state index contributed by atoms with van der Waals surface area (Å²) in [4.78, 5) is 0. The maximum atomic E-state index is 5.73. The van der Waals surface area contributed by atoms with Crippen molar-refractivity contribution in [2.75, 3.05) is 18.9 Å². The maximum Gasteiger partial charge on any atom is 0.384 e. The van der Waals surface area contributed by atoms with Crippen molar-refractivity contribution in [2.45, 2.75) is 26.3 Å². The number of anilines is 1. The van der Waals surface area contributed by atoms with E-state index in [0.717, 1.165) is 31.4 Å². The molecule has 0 atom stereocenters. The van der Waals surface area contributed by atoms with Gasteiger partial charge in [-0.1, -0.05) is 12.1 Å². The Kier molecular flexibility index (Phi) is 6.14. The summed E-state index contributed by atoms with van der Waals surface area (Å²) in [6.07, 6.45) is 0.972. The quantitative estimate of drug-likeness (QED) is 0.586. The normalized spacial score (nSPS) is 10.9. The van der Waals surface area contributed by atoms with E-state index in [1.54, 1.807) is 0 Å². The van der Waals surface area contributed by atoms with Gasteiger partial charge in [0.1, 0.15) is 0 Å². The van der Waals surface area contributed by atoms with E-state index in [-0.39, 0.29) is 0 Å². The second-order valence-corrected chi connectivity index (χ2v) is 5.30. The van der Waals surface area contributed by atoms with Crippen LogP contribution in [0.5, 0.6) is 0 Å². The monoisotopic (exact) mass is 238 g/mol. The molecule has 0 fully saturated rings. The molecule has 2 N–H and O–H groups in total. The summed E-state index contributed by atoms with van der Waals surface area (Å²) >= 11 is 0. The summed E-state index contributed by atoms with van der Waals surface area (Å²) in [5.41, 5.74) is 7.80. The van der Waals surface area contributed by atoms with Gasteiger partial charge in [0.15, 0.2) is 0 Å². The van der Waals surface area contributed by atoms with Crippen LogP contribution in [-0.4, -0.2) is 22.5 Å². The van der Waals surface area contributed by atoms with E-state index in [2.05, 4.69) is 6.07 Å². The van der Waals surface area contributed by atoms with E-state index in [4.69, 9.17) is 14.6 Å². The first-order valence-corrected chi connectivity index (χ1v) is 7.24. The van der Waals surface area contributed by atoms with Crippen LogP contribution in [0.2, 0.25) is 6.04 Å². The number of rotatable bonds is 7. The van der Waals surface area contributed by atoms with Crippen LogP contribution in [0.1, 0.15) is 19.4 Å². The number of nitrogen functional groups attached to an aromatic ring is 1. The Bertz CT molecular complexity index is 301. The first-order chi connectivity index (χ1) is 7.76. The molecule has 0 spiro atoms. The predicted molar refractivity (Wildman–Crippen MR) is 68.4 cm³/mol. The van der Waals surface area contributed by atoms with Crippen molar-refractivity contribution in [3.8, 4) is 0 Å². The summed E-state index contributed by atoms with van der Waals surface area (Å²) in [7, 11) is -1.10. The molecule has 1 aromatic rings. The number of benzene rings is 1. The van der Waals surface area contributed by atoms with Crippen LogP contribution in [-0.2, 0) is 15.3 Å². The predicted octanol–water partition coefficient (Wildman–Crippen LogP) is 2.37. The minimum Gasteiger partial charge on any atom is -0.399 e. The Morgan fingerprint density at radius 3 is 2.44 bits per heavy atom. The van der Waals surface area contributed by atoms with Crippen molar-refractivity contribution in [3.63, 3.8) is 0 Å². The first-order valence-electron chi connectivity index (χ1n) is 5.72. The summed E-state index contributed by atoms with van der Waals surface area (Å²) in [6.45, 7) is 5.46. The van der Waals surface area contributed by atoms with E-state index in [1.165, 1.54) is 5.56 Å². The first kappa shape index (κ1) is 13.2. The van der Waals surface area contributed by atoms with Gasteiger partial charge in [-0.15, -0.1) is 0 Å². The smallest absolute Gasteiger partial charge is 0.384 e. The molecule has 89 valence electrons. The fourth-order valence-corrected chi connectivity index (χ4v) is 3.01. The molecule has 3 nitrogen and oxygen atoms in total. The zero-order valence-electron chi connectivity index (χ0n) is 10.0. The zero-order valence-corrected chi connectivity index (χ0v) is 11.0. The molecule has 0 bridgehead atoms. The Labute approximate surface area is 99.4 Å². The average molecular weight is 238 g/mol. The molecule has 4 heteroatoms. The molecule has 1 rings (SSSR count). The third-order valence-corrected chi connectivity index (χ3v) is 4.06. The van der Waals surface area contributed by atoms with Crippen LogP contribution >= 0.6 is 0 Å². The SMILES string of the molecule is CCO[Si](CCc1cccc(N)c1)OCC. The molecule has 0 unspecified atom stereocenters. The van der Waals surface area contributed by atoms with E-state index < -0.39 is 9.28 Å². The van der Waals surface area contributed by atoms with Gasteiger partial charge in [0, 0.05) is 18.9 Å². The van der Waals surface area contributed by atoms with Crippen LogP contribution in [0.25, 0.3) is 0 Å². The van der Waals surface area contributed by atoms with Crippen molar-refractivity contribution in [3.05, 3.63) is 29.8 Å². The lowest BCUT2D eigenvalue weighted by atomic mass is 10.1. The van der Waals surface area contributed by atoms with Crippen LogP contribution in [0, 0.1) is 0 Å². The van der Waals surface area contributed by atoms with Crippen molar-refractivity contribution < 1.29 is 8.85 Å². The molecule has 1 radical (unpaired) electrons. The molecule has 1 aromatic carbocycles. The Hall–Kier alpha value is -0.843. The molecule has 0 aliphatic rings. The van der Waals surface area contributed by atoms with Gasteiger partial charge >= 0.3 is 9.28 Å². The molecule has 0 aliphatic carbocycles. The van der Waals surface area contributed by atoms with Crippen molar-refractivity contribution >= 4 is 15.0 Å². The number of hydrogen-bond acceptors (Lipinski definition) is 3. The van der Waals surface area contributed by atoms with Gasteiger partial charge in [-0.25, -0.2) is 0 Å². The van der Waals surface area contributed by atoms with Gasteiger partial charge in [-0.2, -0.15) is 0 Å². The number of nitrogens with two attached hydrogens (primary N) is 1. The molecule has 0 amide bonds. The Morgan fingerprint density at radius 1 is 1.19 bits per heavy atom. The second kappa shape index (κ2) is 7.43. The molecule has 0 aromatic heterocycles. The standard InChI is InChI=1S/C12H20NO2Si/c1-3-14-16(15-4-2)9-8-11-6-5-7-12(13)10-11/h5-7,10H,3-4,8-9,13H2,1-2H3. The molecule has 16 heavy (non-hydrogen) atoms. The average Bonchev–Trinajstić information content (AvgIpc) is 2.27. The van der Waals surface area contributed by atoms with Crippen LogP contribution < -0.4 is 5.73 Å². The highest BCUT2D eigenvalue weighted by Crippen LogP contribution is 2.11. The van der Waals surface area contributed by atoms with Gasteiger partial charge < -0.3 is 14.6 Å². The highest BCUT2D eigenvalue weighted by atomic mass is 28.3. The largest absolute Gasteiger partial charge is 0.399 e. The van der Waals surface area contributed by atoms with Gasteiger partial charge in [0.25, 0.3) is 0 Å². The van der Waals surface area contributed by atoms with Crippen molar-refractivity contribution in [2.24, 2.45) is 0 Å². The van der Waals surface area contributed by atoms with Crippen molar-refractivity contribution in [1.29, 1.82) is 0 Å². The molecular formula is C12H20NO2Si. The summed E-state index contributed by atoms with van der Waals surface area (Å²) < 4.78 is 11.2. The third kappa shape index (κ3) is 4.79. The summed E-state index contributed by atoms with van der Waals surface area (Å²) in [5, 5.41) is 0. The van der Waals surface area contributed by atoms with Gasteiger partial charge in [0.05, 0.1) is 0 Å².